The van der Waals surface area contributed by atoms with Gasteiger partial charge in [-0.2, -0.15) is 18.4 Å². The number of aldehydes is 1. The molecule has 0 N–H and O–H groups in total. The number of thiophene rings is 1. The van der Waals surface area contributed by atoms with Gasteiger partial charge in [-0.25, -0.2) is 4.98 Å². The van der Waals surface area contributed by atoms with Gasteiger partial charge < -0.3 is 0 Å². The summed E-state index contributed by atoms with van der Waals surface area (Å²) in [7, 11) is 0. The van der Waals surface area contributed by atoms with Crippen LogP contribution in [0.3, 0.4) is 0 Å². The van der Waals surface area contributed by atoms with Gasteiger partial charge in [-0.15, -0.1) is 11.3 Å². The summed E-state index contributed by atoms with van der Waals surface area (Å²) in [6, 6.07) is 3.75. The lowest BCUT2D eigenvalue weighted by Crippen LogP contribution is -2.09. The molecule has 0 saturated carbocycles. The van der Waals surface area contributed by atoms with E-state index in [-0.39, 0.29) is 5.56 Å². The predicted molar refractivity (Wildman–Crippen MR) is 62.7 cm³/mol. The largest absolute Gasteiger partial charge is 0.419 e. The summed E-state index contributed by atoms with van der Waals surface area (Å²) in [6.07, 6.45) is -2.84. The third kappa shape index (κ3) is 2.63. The molecule has 0 aliphatic rings. The lowest BCUT2D eigenvalue weighted by atomic mass is 10.1. The Morgan fingerprint density at radius 3 is 2.58 bits per heavy atom. The molecular weight excluding hydrogens is 277 g/mol. The zero-order valence-electron chi connectivity index (χ0n) is 9.23. The van der Waals surface area contributed by atoms with Gasteiger partial charge in [0, 0.05) is 11.8 Å². The molecule has 19 heavy (non-hydrogen) atoms. The van der Waals surface area contributed by atoms with Crippen LogP contribution in [0.5, 0.6) is 0 Å². The molecule has 96 valence electrons. The van der Waals surface area contributed by atoms with Gasteiger partial charge in [0.25, 0.3) is 0 Å². The Labute approximate surface area is 109 Å². The Morgan fingerprint density at radius 2 is 2.05 bits per heavy atom. The average Bonchev–Trinajstić information content (AvgIpc) is 2.85. The summed E-state index contributed by atoms with van der Waals surface area (Å²) >= 11 is 1.13. The highest BCUT2D eigenvalue weighted by Gasteiger charge is 2.34. The molecule has 0 amide bonds. The highest BCUT2D eigenvalue weighted by Crippen LogP contribution is 2.34. The van der Waals surface area contributed by atoms with E-state index in [1.165, 1.54) is 18.3 Å². The highest BCUT2D eigenvalue weighted by atomic mass is 32.1. The first kappa shape index (κ1) is 13.2. The molecule has 0 atom stereocenters. The maximum absolute atomic E-state index is 12.8. The summed E-state index contributed by atoms with van der Waals surface area (Å²) in [5.74, 6) is 0. The minimum Gasteiger partial charge on any atom is -0.297 e. The van der Waals surface area contributed by atoms with E-state index in [0.29, 0.717) is 16.7 Å². The van der Waals surface area contributed by atoms with E-state index in [0.717, 1.165) is 17.4 Å². The second-order valence-electron chi connectivity index (χ2n) is 3.59. The van der Waals surface area contributed by atoms with Gasteiger partial charge in [0.1, 0.15) is 6.07 Å². The Hall–Kier alpha value is -2.20. The van der Waals surface area contributed by atoms with Crippen molar-refractivity contribution in [1.29, 1.82) is 5.26 Å². The van der Waals surface area contributed by atoms with E-state index in [1.807, 2.05) is 0 Å². The van der Waals surface area contributed by atoms with Crippen molar-refractivity contribution < 1.29 is 18.0 Å². The second-order valence-corrected chi connectivity index (χ2v) is 4.53. The molecule has 0 radical (unpaired) electrons. The smallest absolute Gasteiger partial charge is 0.297 e. The van der Waals surface area contributed by atoms with Crippen molar-refractivity contribution in [1.82, 2.24) is 4.98 Å². The van der Waals surface area contributed by atoms with Crippen molar-refractivity contribution in [2.24, 2.45) is 0 Å². The number of nitriles is 1. The Balaban J connectivity index is 2.55. The minimum atomic E-state index is -4.64. The van der Waals surface area contributed by atoms with Gasteiger partial charge in [-0.1, -0.05) is 0 Å². The van der Waals surface area contributed by atoms with Gasteiger partial charge in [0.15, 0.2) is 12.0 Å². The molecule has 0 aromatic carbocycles. The molecule has 0 aliphatic carbocycles. The van der Waals surface area contributed by atoms with E-state index in [4.69, 9.17) is 5.26 Å². The predicted octanol–water partition coefficient (Wildman–Crippen LogP) is 3.51. The quantitative estimate of drug-likeness (QED) is 0.792. The highest BCUT2D eigenvalue weighted by molar-refractivity contribution is 7.12. The first-order valence-corrected chi connectivity index (χ1v) is 5.85. The minimum absolute atomic E-state index is 0.218. The maximum atomic E-state index is 12.8. The number of carbonyl (C=O) groups excluding carboxylic acids is 1. The lowest BCUT2D eigenvalue weighted by Gasteiger charge is -2.09. The normalized spacial score (nSPS) is 11.1. The second kappa shape index (κ2) is 4.82. The van der Waals surface area contributed by atoms with Crippen LogP contribution in [0.15, 0.2) is 23.7 Å². The summed E-state index contributed by atoms with van der Waals surface area (Å²) in [5, 5.41) is 10.2. The SMILES string of the molecule is N#Cc1ncc(-c2csc(C=O)c2)cc1C(F)(F)F. The van der Waals surface area contributed by atoms with Crippen LogP contribution in [0.4, 0.5) is 13.2 Å². The monoisotopic (exact) mass is 282 g/mol. The number of nitrogens with zero attached hydrogens (tertiary/aromatic N) is 2. The molecule has 2 rings (SSSR count). The molecule has 0 bridgehead atoms. The topological polar surface area (TPSA) is 53.8 Å². The van der Waals surface area contributed by atoms with Crippen LogP contribution in [0.25, 0.3) is 11.1 Å². The number of halogens is 3. The molecule has 2 heterocycles. The number of aromatic nitrogens is 1. The zero-order valence-corrected chi connectivity index (χ0v) is 10.0. The molecule has 0 unspecified atom stereocenters. The standard InChI is InChI=1S/C12H5F3N2OS/c13-12(14,15)10-2-7(4-17-11(10)3-16)8-1-9(5-18)19-6-8/h1-2,4-6H. The van der Waals surface area contributed by atoms with E-state index in [1.54, 1.807) is 5.38 Å². The van der Waals surface area contributed by atoms with Crippen LogP contribution in [-0.2, 0) is 6.18 Å². The summed E-state index contributed by atoms with van der Waals surface area (Å²) in [5.41, 5.74) is -1.06. The van der Waals surface area contributed by atoms with Gasteiger partial charge in [0.05, 0.1) is 10.4 Å². The van der Waals surface area contributed by atoms with Gasteiger partial charge in [-0.05, 0) is 23.1 Å². The van der Waals surface area contributed by atoms with E-state index in [2.05, 4.69) is 4.98 Å². The third-order valence-corrected chi connectivity index (χ3v) is 3.23. The summed E-state index contributed by atoms with van der Waals surface area (Å²) in [6.45, 7) is 0. The first-order chi connectivity index (χ1) is 8.95. The number of alkyl halides is 3. The van der Waals surface area contributed by atoms with Crippen molar-refractivity contribution in [3.8, 4) is 17.2 Å². The number of pyridine rings is 1. The molecule has 2 aromatic heterocycles. The Kier molecular flexibility index (Phi) is 3.36. The zero-order chi connectivity index (χ0) is 14.0. The first-order valence-electron chi connectivity index (χ1n) is 4.97. The van der Waals surface area contributed by atoms with Crippen molar-refractivity contribution in [3.05, 3.63) is 39.8 Å². The van der Waals surface area contributed by atoms with Crippen molar-refractivity contribution in [2.45, 2.75) is 6.18 Å². The van der Waals surface area contributed by atoms with Crippen molar-refractivity contribution in [3.63, 3.8) is 0 Å². The number of hydrogen-bond donors (Lipinski definition) is 0. The van der Waals surface area contributed by atoms with Crippen molar-refractivity contribution in [2.75, 3.05) is 0 Å². The van der Waals surface area contributed by atoms with Crippen LogP contribution >= 0.6 is 11.3 Å². The van der Waals surface area contributed by atoms with Gasteiger partial charge in [0.2, 0.25) is 0 Å². The summed E-state index contributed by atoms with van der Waals surface area (Å²) in [4.78, 5) is 14.5. The molecule has 0 fully saturated rings. The summed E-state index contributed by atoms with van der Waals surface area (Å²) < 4.78 is 38.3. The van der Waals surface area contributed by atoms with Crippen LogP contribution in [0.1, 0.15) is 20.9 Å². The molecule has 0 saturated heterocycles. The molecule has 7 heteroatoms. The fourth-order valence-corrected chi connectivity index (χ4v) is 2.21. The Morgan fingerprint density at radius 1 is 1.32 bits per heavy atom. The molecular formula is C12H5F3N2OS. The average molecular weight is 282 g/mol. The van der Waals surface area contributed by atoms with E-state index >= 15 is 0 Å². The number of carbonyl (C=O) groups is 1. The fraction of sp³-hybridized carbons (Fsp3) is 0.0833. The molecule has 3 nitrogen and oxygen atoms in total. The molecule has 2 aromatic rings. The van der Waals surface area contributed by atoms with Crippen LogP contribution in [0.2, 0.25) is 0 Å². The molecule has 0 aliphatic heterocycles. The number of hydrogen-bond acceptors (Lipinski definition) is 4. The third-order valence-electron chi connectivity index (χ3n) is 2.37. The molecule has 0 spiro atoms. The lowest BCUT2D eigenvalue weighted by molar-refractivity contribution is -0.138. The fourth-order valence-electron chi connectivity index (χ4n) is 1.49. The van der Waals surface area contributed by atoms with E-state index < -0.39 is 17.4 Å². The van der Waals surface area contributed by atoms with Gasteiger partial charge in [-0.3, -0.25) is 4.79 Å². The van der Waals surface area contributed by atoms with Gasteiger partial charge >= 0.3 is 6.18 Å². The maximum Gasteiger partial charge on any atom is 0.419 e. The van der Waals surface area contributed by atoms with Crippen LogP contribution < -0.4 is 0 Å². The van der Waals surface area contributed by atoms with Crippen LogP contribution in [0, 0.1) is 11.3 Å². The van der Waals surface area contributed by atoms with Crippen LogP contribution in [-0.4, -0.2) is 11.3 Å². The number of rotatable bonds is 2. The van der Waals surface area contributed by atoms with Crippen molar-refractivity contribution >= 4 is 17.6 Å². The Bertz CT molecular complexity index is 670. The van der Waals surface area contributed by atoms with E-state index in [9.17, 15) is 18.0 Å².